The van der Waals surface area contributed by atoms with Crippen molar-refractivity contribution in [3.8, 4) is 5.75 Å². The lowest BCUT2D eigenvalue weighted by Crippen LogP contribution is -2.53. The van der Waals surface area contributed by atoms with Crippen LogP contribution in [0, 0.1) is 5.82 Å². The molecule has 1 fully saturated rings. The highest BCUT2D eigenvalue weighted by molar-refractivity contribution is 5.85. The van der Waals surface area contributed by atoms with Crippen LogP contribution < -0.4 is 10.1 Å². The van der Waals surface area contributed by atoms with E-state index < -0.39 is 5.82 Å². The highest BCUT2D eigenvalue weighted by Crippen LogP contribution is 2.19. The molecule has 0 radical (unpaired) electrons. The van der Waals surface area contributed by atoms with Gasteiger partial charge in [-0.15, -0.1) is 12.4 Å². The lowest BCUT2D eigenvalue weighted by Gasteiger charge is -2.34. The summed E-state index contributed by atoms with van der Waals surface area (Å²) in [5.41, 5.74) is 0.334. The minimum atomic E-state index is -0.391. The number of rotatable bonds is 7. The van der Waals surface area contributed by atoms with Crippen LogP contribution in [0.1, 0.15) is 38.7 Å². The standard InChI is InChI=1S/C18H27FN2O3.ClH/c1-3-5-10-23-16-6-7-17(19)14(11-16)13-24-18(22)21-9-8-20-12-15(21)4-2;/h6-7,11,15,20H,3-5,8-10,12-13H2,1-2H3;1H. The van der Waals surface area contributed by atoms with Crippen LogP contribution in [0.15, 0.2) is 18.2 Å². The molecule has 0 bridgehead atoms. The summed E-state index contributed by atoms with van der Waals surface area (Å²) in [6, 6.07) is 4.68. The lowest BCUT2D eigenvalue weighted by atomic mass is 10.1. The van der Waals surface area contributed by atoms with Gasteiger partial charge in [0, 0.05) is 31.2 Å². The van der Waals surface area contributed by atoms with Gasteiger partial charge >= 0.3 is 6.09 Å². The fraction of sp³-hybridized carbons (Fsp3) is 0.611. The van der Waals surface area contributed by atoms with Crippen LogP contribution in [-0.2, 0) is 11.3 Å². The van der Waals surface area contributed by atoms with Crippen LogP contribution in [0.25, 0.3) is 0 Å². The zero-order valence-corrected chi connectivity index (χ0v) is 15.7. The van der Waals surface area contributed by atoms with E-state index in [0.29, 0.717) is 24.5 Å². The Bertz CT molecular complexity index is 545. The molecule has 7 heteroatoms. The molecule has 25 heavy (non-hydrogen) atoms. The Hall–Kier alpha value is -1.53. The van der Waals surface area contributed by atoms with Gasteiger partial charge in [-0.3, -0.25) is 0 Å². The van der Waals surface area contributed by atoms with Crippen molar-refractivity contribution in [1.29, 1.82) is 0 Å². The molecule has 1 aliphatic rings. The van der Waals surface area contributed by atoms with Crippen molar-refractivity contribution >= 4 is 18.5 Å². The Balaban J connectivity index is 0.00000312. The van der Waals surface area contributed by atoms with Gasteiger partial charge in [-0.05, 0) is 31.0 Å². The predicted octanol–water partition coefficient (Wildman–Crippen LogP) is 3.75. The Morgan fingerprint density at radius 1 is 1.40 bits per heavy atom. The number of benzene rings is 1. The summed E-state index contributed by atoms with van der Waals surface area (Å²) in [6.45, 7) is 6.76. The quantitative estimate of drug-likeness (QED) is 0.738. The molecule has 5 nitrogen and oxygen atoms in total. The zero-order chi connectivity index (χ0) is 17.4. The number of hydrogen-bond acceptors (Lipinski definition) is 4. The molecule has 0 spiro atoms. The first-order chi connectivity index (χ1) is 11.7. The average molecular weight is 375 g/mol. The highest BCUT2D eigenvalue weighted by atomic mass is 35.5. The first-order valence-corrected chi connectivity index (χ1v) is 8.71. The molecule has 1 aromatic rings. The summed E-state index contributed by atoms with van der Waals surface area (Å²) in [7, 11) is 0. The number of nitrogens with zero attached hydrogens (tertiary/aromatic N) is 1. The van der Waals surface area contributed by atoms with Crippen molar-refractivity contribution in [2.75, 3.05) is 26.2 Å². The maximum absolute atomic E-state index is 13.9. The van der Waals surface area contributed by atoms with Gasteiger partial charge in [0.1, 0.15) is 18.2 Å². The van der Waals surface area contributed by atoms with Crippen molar-refractivity contribution in [3.63, 3.8) is 0 Å². The van der Waals surface area contributed by atoms with Crippen LogP contribution in [0.2, 0.25) is 0 Å². The number of nitrogens with one attached hydrogen (secondary N) is 1. The highest BCUT2D eigenvalue weighted by Gasteiger charge is 2.26. The summed E-state index contributed by atoms with van der Waals surface area (Å²) in [5, 5.41) is 3.26. The number of carbonyl (C=O) groups excluding carboxylic acids is 1. The van der Waals surface area contributed by atoms with Gasteiger partial charge in [0.15, 0.2) is 0 Å². The fourth-order valence-corrected chi connectivity index (χ4v) is 2.67. The van der Waals surface area contributed by atoms with Crippen LogP contribution >= 0.6 is 12.4 Å². The predicted molar refractivity (Wildman–Crippen MR) is 97.9 cm³/mol. The van der Waals surface area contributed by atoms with E-state index in [-0.39, 0.29) is 31.1 Å². The van der Waals surface area contributed by atoms with Crippen LogP contribution in [0.5, 0.6) is 5.75 Å². The molecule has 0 aliphatic carbocycles. The van der Waals surface area contributed by atoms with Crippen molar-refractivity contribution in [3.05, 3.63) is 29.6 Å². The van der Waals surface area contributed by atoms with Crippen LogP contribution in [0.3, 0.4) is 0 Å². The summed E-state index contributed by atoms with van der Waals surface area (Å²) in [6.07, 6.45) is 2.45. The van der Waals surface area contributed by atoms with Gasteiger partial charge in [0.25, 0.3) is 0 Å². The second-order valence-corrected chi connectivity index (χ2v) is 5.97. The molecule has 142 valence electrons. The van der Waals surface area contributed by atoms with Crippen LogP contribution in [-0.4, -0.2) is 43.3 Å². The second-order valence-electron chi connectivity index (χ2n) is 5.97. The monoisotopic (exact) mass is 374 g/mol. The third-order valence-corrected chi connectivity index (χ3v) is 4.19. The number of piperazine rings is 1. The maximum atomic E-state index is 13.9. The number of ether oxygens (including phenoxy) is 2. The molecule has 1 atom stereocenters. The molecule has 1 saturated heterocycles. The molecule has 1 amide bonds. The third-order valence-electron chi connectivity index (χ3n) is 4.19. The zero-order valence-electron chi connectivity index (χ0n) is 14.9. The molecular weight excluding hydrogens is 347 g/mol. The summed E-state index contributed by atoms with van der Waals surface area (Å²) in [4.78, 5) is 14.0. The topological polar surface area (TPSA) is 50.8 Å². The minimum absolute atomic E-state index is 0. The average Bonchev–Trinajstić information content (AvgIpc) is 2.61. The Morgan fingerprint density at radius 2 is 2.20 bits per heavy atom. The second kappa shape index (κ2) is 11.2. The first-order valence-electron chi connectivity index (χ1n) is 8.71. The summed E-state index contributed by atoms with van der Waals surface area (Å²) < 4.78 is 24.8. The van der Waals surface area contributed by atoms with E-state index in [4.69, 9.17) is 9.47 Å². The third kappa shape index (κ3) is 6.36. The lowest BCUT2D eigenvalue weighted by molar-refractivity contribution is 0.0706. The Labute approximate surface area is 155 Å². The van der Waals surface area contributed by atoms with Crippen molar-refractivity contribution in [1.82, 2.24) is 10.2 Å². The van der Waals surface area contributed by atoms with Gasteiger partial charge in [0.05, 0.1) is 6.61 Å². The SMILES string of the molecule is CCCCOc1ccc(F)c(COC(=O)N2CCNCC2CC)c1.Cl. The minimum Gasteiger partial charge on any atom is -0.494 e. The molecule has 0 aromatic heterocycles. The Morgan fingerprint density at radius 3 is 2.92 bits per heavy atom. The van der Waals surface area contributed by atoms with E-state index in [1.807, 2.05) is 6.92 Å². The van der Waals surface area contributed by atoms with Gasteiger partial charge in [-0.1, -0.05) is 20.3 Å². The van der Waals surface area contributed by atoms with E-state index in [1.54, 1.807) is 17.0 Å². The molecule has 1 heterocycles. The first kappa shape index (κ1) is 21.5. The molecule has 1 N–H and O–H groups in total. The van der Waals surface area contributed by atoms with E-state index in [2.05, 4.69) is 12.2 Å². The van der Waals surface area contributed by atoms with Gasteiger partial charge in [-0.25, -0.2) is 9.18 Å². The van der Waals surface area contributed by atoms with E-state index in [9.17, 15) is 9.18 Å². The van der Waals surface area contributed by atoms with Crippen LogP contribution in [0.4, 0.5) is 9.18 Å². The molecule has 1 aliphatic heterocycles. The van der Waals surface area contributed by atoms with Crippen molar-refractivity contribution in [2.24, 2.45) is 0 Å². The number of hydrogen-bond donors (Lipinski definition) is 1. The maximum Gasteiger partial charge on any atom is 0.410 e. The van der Waals surface area contributed by atoms with E-state index in [1.165, 1.54) is 6.07 Å². The van der Waals surface area contributed by atoms with Gasteiger partial charge in [0.2, 0.25) is 0 Å². The molecule has 1 unspecified atom stereocenters. The number of unbranched alkanes of at least 4 members (excludes halogenated alkanes) is 1. The largest absolute Gasteiger partial charge is 0.494 e. The molecule has 1 aromatic carbocycles. The number of halogens is 2. The normalized spacial score (nSPS) is 16.9. The fourth-order valence-electron chi connectivity index (χ4n) is 2.67. The number of amides is 1. The molecule has 2 rings (SSSR count). The van der Waals surface area contributed by atoms with Gasteiger partial charge < -0.3 is 19.7 Å². The summed E-state index contributed by atoms with van der Waals surface area (Å²) in [5.74, 6) is 0.211. The smallest absolute Gasteiger partial charge is 0.410 e. The molecular formula is C18H28ClFN2O3. The van der Waals surface area contributed by atoms with Crippen molar-refractivity contribution < 1.29 is 18.7 Å². The summed E-state index contributed by atoms with van der Waals surface area (Å²) >= 11 is 0. The van der Waals surface area contributed by atoms with Gasteiger partial charge in [-0.2, -0.15) is 0 Å². The number of carbonyl (C=O) groups is 1. The van der Waals surface area contributed by atoms with E-state index >= 15 is 0 Å². The van der Waals surface area contributed by atoms with E-state index in [0.717, 1.165) is 32.4 Å². The Kier molecular flexibility index (Phi) is 9.60. The van der Waals surface area contributed by atoms with Crippen molar-refractivity contribution in [2.45, 2.75) is 45.8 Å². The molecule has 0 saturated carbocycles.